The topological polar surface area (TPSA) is 66.9 Å². The maximum absolute atomic E-state index is 11.6. The molecule has 0 bridgehead atoms. The van der Waals surface area contributed by atoms with Crippen LogP contribution in [0.2, 0.25) is 0 Å². The highest BCUT2D eigenvalue weighted by Gasteiger charge is 2.21. The number of aromatic nitrogens is 2. The summed E-state index contributed by atoms with van der Waals surface area (Å²) in [5.74, 6) is 0.0627. The Kier molecular flexibility index (Phi) is 2.90. The van der Waals surface area contributed by atoms with Crippen LogP contribution in [0.5, 0.6) is 0 Å². The average molecular weight is 242 g/mol. The third kappa shape index (κ3) is 2.04. The fourth-order valence-electron chi connectivity index (χ4n) is 2.27. The molecule has 0 spiro atoms. The lowest BCUT2D eigenvalue weighted by Gasteiger charge is -2.15. The highest BCUT2D eigenvalue weighted by atomic mass is 16.1. The van der Waals surface area contributed by atoms with Gasteiger partial charge in [-0.15, -0.1) is 0 Å². The maximum Gasteiger partial charge on any atom is 0.222 e. The number of para-hydroxylation sites is 1. The molecule has 1 aromatic carbocycles. The minimum Gasteiger partial charge on any atom is -0.355 e. The first-order chi connectivity index (χ1) is 8.84. The predicted octanol–water partition coefficient (Wildman–Crippen LogP) is 0.780. The highest BCUT2D eigenvalue weighted by molar-refractivity contribution is 5.83. The van der Waals surface area contributed by atoms with Crippen LogP contribution < -0.4 is 10.6 Å². The van der Waals surface area contributed by atoms with Gasteiger partial charge in [0.2, 0.25) is 5.91 Å². The second-order valence-corrected chi connectivity index (χ2v) is 4.34. The zero-order chi connectivity index (χ0) is 12.4. The Hall–Kier alpha value is -2.01. The molecule has 5 heteroatoms. The van der Waals surface area contributed by atoms with Gasteiger partial charge in [-0.25, -0.2) is 9.97 Å². The number of nitrogens with one attached hydrogen (secondary N) is 2. The fraction of sp³-hybridized carbons (Fsp3) is 0.308. The van der Waals surface area contributed by atoms with E-state index in [0.29, 0.717) is 13.0 Å². The van der Waals surface area contributed by atoms with E-state index >= 15 is 0 Å². The van der Waals surface area contributed by atoms with E-state index in [1.54, 1.807) is 6.33 Å². The summed E-state index contributed by atoms with van der Waals surface area (Å²) in [6.07, 6.45) is 1.98. The average Bonchev–Trinajstić information content (AvgIpc) is 2.63. The molecule has 1 atom stereocenters. The van der Waals surface area contributed by atoms with E-state index in [0.717, 1.165) is 23.1 Å². The third-order valence-corrected chi connectivity index (χ3v) is 3.13. The van der Waals surface area contributed by atoms with Gasteiger partial charge in [0.25, 0.3) is 0 Å². The van der Waals surface area contributed by atoms with Gasteiger partial charge in [0.15, 0.2) is 0 Å². The van der Waals surface area contributed by atoms with Gasteiger partial charge < -0.3 is 10.6 Å². The van der Waals surface area contributed by atoms with Gasteiger partial charge in [0.1, 0.15) is 6.33 Å². The second-order valence-electron chi connectivity index (χ2n) is 4.34. The first-order valence-corrected chi connectivity index (χ1v) is 6.04. The number of carbonyl (C=O) groups excluding carboxylic acids is 1. The molecule has 18 heavy (non-hydrogen) atoms. The Labute approximate surface area is 105 Å². The van der Waals surface area contributed by atoms with E-state index in [9.17, 15) is 4.79 Å². The van der Waals surface area contributed by atoms with Crippen LogP contribution in [0.1, 0.15) is 18.2 Å². The largest absolute Gasteiger partial charge is 0.355 e. The zero-order valence-electron chi connectivity index (χ0n) is 9.89. The summed E-state index contributed by atoms with van der Waals surface area (Å²) in [6, 6.07) is 7.82. The number of carbonyl (C=O) groups is 1. The molecule has 1 unspecified atom stereocenters. The molecule has 2 heterocycles. The molecule has 2 aromatic rings. The lowest BCUT2D eigenvalue weighted by atomic mass is 10.0. The lowest BCUT2D eigenvalue weighted by Crippen LogP contribution is -2.25. The van der Waals surface area contributed by atoms with E-state index in [1.807, 2.05) is 24.3 Å². The van der Waals surface area contributed by atoms with Crippen molar-refractivity contribution in [3.05, 3.63) is 36.3 Å². The van der Waals surface area contributed by atoms with E-state index in [2.05, 4.69) is 20.6 Å². The molecule has 1 aromatic heterocycles. The predicted molar refractivity (Wildman–Crippen MR) is 67.9 cm³/mol. The summed E-state index contributed by atoms with van der Waals surface area (Å²) in [7, 11) is 0. The number of amides is 1. The van der Waals surface area contributed by atoms with E-state index in [4.69, 9.17) is 0 Å². The number of fused-ring (bicyclic) bond motifs is 1. The Morgan fingerprint density at radius 1 is 1.17 bits per heavy atom. The SMILES string of the molecule is O=C1CC(c2ncnc3ccccc23)NCCN1. The normalized spacial score (nSPS) is 20.4. The van der Waals surface area contributed by atoms with Crippen LogP contribution in [0, 0.1) is 0 Å². The molecule has 0 saturated carbocycles. The summed E-state index contributed by atoms with van der Waals surface area (Å²) < 4.78 is 0. The second kappa shape index (κ2) is 4.70. The van der Waals surface area contributed by atoms with Crippen LogP contribution in [0.3, 0.4) is 0 Å². The Morgan fingerprint density at radius 3 is 3.00 bits per heavy atom. The van der Waals surface area contributed by atoms with Crippen LogP contribution in [0.4, 0.5) is 0 Å². The molecule has 1 saturated heterocycles. The van der Waals surface area contributed by atoms with Crippen molar-refractivity contribution >= 4 is 16.8 Å². The van der Waals surface area contributed by atoms with Gasteiger partial charge >= 0.3 is 0 Å². The van der Waals surface area contributed by atoms with E-state index < -0.39 is 0 Å². The number of benzene rings is 1. The van der Waals surface area contributed by atoms with Crippen molar-refractivity contribution in [1.82, 2.24) is 20.6 Å². The van der Waals surface area contributed by atoms with Crippen molar-refractivity contribution in [2.45, 2.75) is 12.5 Å². The molecule has 1 aliphatic heterocycles. The molecule has 3 rings (SSSR count). The number of rotatable bonds is 1. The smallest absolute Gasteiger partial charge is 0.222 e. The highest BCUT2D eigenvalue weighted by Crippen LogP contribution is 2.23. The molecule has 2 N–H and O–H groups in total. The first kappa shape index (κ1) is 11.1. The van der Waals surface area contributed by atoms with Crippen molar-refractivity contribution in [3.8, 4) is 0 Å². The molecular weight excluding hydrogens is 228 g/mol. The van der Waals surface area contributed by atoms with Crippen LogP contribution in [0.15, 0.2) is 30.6 Å². The van der Waals surface area contributed by atoms with Crippen molar-refractivity contribution in [3.63, 3.8) is 0 Å². The summed E-state index contributed by atoms with van der Waals surface area (Å²) >= 11 is 0. The van der Waals surface area contributed by atoms with Crippen molar-refractivity contribution in [2.24, 2.45) is 0 Å². The molecule has 5 nitrogen and oxygen atoms in total. The summed E-state index contributed by atoms with van der Waals surface area (Å²) in [5, 5.41) is 7.20. The Balaban J connectivity index is 2.05. The maximum atomic E-state index is 11.6. The zero-order valence-corrected chi connectivity index (χ0v) is 9.89. The summed E-state index contributed by atoms with van der Waals surface area (Å²) in [6.45, 7) is 1.42. The van der Waals surface area contributed by atoms with Gasteiger partial charge in [-0.05, 0) is 6.07 Å². The van der Waals surface area contributed by atoms with Crippen molar-refractivity contribution < 1.29 is 4.79 Å². The third-order valence-electron chi connectivity index (χ3n) is 3.13. The molecule has 0 radical (unpaired) electrons. The Bertz CT molecular complexity index is 579. The molecule has 1 amide bonds. The van der Waals surface area contributed by atoms with Crippen LogP contribution >= 0.6 is 0 Å². The van der Waals surface area contributed by atoms with Gasteiger partial charge in [-0.1, -0.05) is 18.2 Å². The monoisotopic (exact) mass is 242 g/mol. The van der Waals surface area contributed by atoms with Crippen molar-refractivity contribution in [1.29, 1.82) is 0 Å². The summed E-state index contributed by atoms with van der Waals surface area (Å²) in [5.41, 5.74) is 1.81. The summed E-state index contributed by atoms with van der Waals surface area (Å²) in [4.78, 5) is 20.2. The number of hydrogen-bond donors (Lipinski definition) is 2. The first-order valence-electron chi connectivity index (χ1n) is 6.04. The van der Waals surface area contributed by atoms with Gasteiger partial charge in [-0.2, -0.15) is 0 Å². The van der Waals surface area contributed by atoms with Gasteiger partial charge in [-0.3, -0.25) is 4.79 Å². The quantitative estimate of drug-likeness (QED) is 0.775. The van der Waals surface area contributed by atoms with E-state index in [1.165, 1.54) is 0 Å². The molecule has 92 valence electrons. The van der Waals surface area contributed by atoms with Crippen LogP contribution in [-0.4, -0.2) is 29.0 Å². The molecule has 1 aliphatic rings. The minimum atomic E-state index is -0.0413. The van der Waals surface area contributed by atoms with Crippen molar-refractivity contribution in [2.75, 3.05) is 13.1 Å². The molecule has 0 aliphatic carbocycles. The number of nitrogens with zero attached hydrogens (tertiary/aromatic N) is 2. The number of hydrogen-bond acceptors (Lipinski definition) is 4. The van der Waals surface area contributed by atoms with E-state index in [-0.39, 0.29) is 11.9 Å². The molecule has 1 fully saturated rings. The van der Waals surface area contributed by atoms with Crippen LogP contribution in [-0.2, 0) is 4.79 Å². The lowest BCUT2D eigenvalue weighted by molar-refractivity contribution is -0.121. The van der Waals surface area contributed by atoms with Gasteiger partial charge in [0.05, 0.1) is 17.3 Å². The Morgan fingerprint density at radius 2 is 2.06 bits per heavy atom. The van der Waals surface area contributed by atoms with Crippen LogP contribution in [0.25, 0.3) is 10.9 Å². The molecular formula is C13H14N4O. The van der Waals surface area contributed by atoms with Gasteiger partial charge in [0, 0.05) is 24.9 Å². The standard InChI is InChI=1S/C13H14N4O/c18-12-7-11(14-5-6-15-12)13-9-3-1-2-4-10(9)16-8-17-13/h1-4,8,11,14H,5-7H2,(H,15,18). The minimum absolute atomic E-state index is 0.0413. The fourth-order valence-corrected chi connectivity index (χ4v) is 2.27.